The van der Waals surface area contributed by atoms with Gasteiger partial charge in [0, 0.05) is 19.7 Å². The predicted molar refractivity (Wildman–Crippen MR) is 76.4 cm³/mol. The van der Waals surface area contributed by atoms with E-state index in [2.05, 4.69) is 13.8 Å². The van der Waals surface area contributed by atoms with Crippen molar-refractivity contribution >= 4 is 11.9 Å². The van der Waals surface area contributed by atoms with Crippen LogP contribution < -0.4 is 0 Å². The van der Waals surface area contributed by atoms with Crippen LogP contribution in [0.4, 0.5) is 0 Å². The summed E-state index contributed by atoms with van der Waals surface area (Å²) in [6.07, 6.45) is 1.07. The van der Waals surface area contributed by atoms with Crippen molar-refractivity contribution in [1.82, 2.24) is 4.90 Å². The zero-order valence-electron chi connectivity index (χ0n) is 13.0. The quantitative estimate of drug-likeness (QED) is 0.810. The first-order valence-corrected chi connectivity index (χ1v) is 7.44. The second kappa shape index (κ2) is 7.62. The van der Waals surface area contributed by atoms with Crippen LogP contribution in [0.25, 0.3) is 0 Å². The molecule has 0 aliphatic carbocycles. The molecule has 1 heterocycles. The first kappa shape index (κ1) is 17.0. The number of likely N-dealkylation sites (tertiary alicyclic amines) is 1. The molecule has 1 amide bonds. The maximum Gasteiger partial charge on any atom is 0.308 e. The van der Waals surface area contributed by atoms with E-state index in [0.29, 0.717) is 32.0 Å². The van der Waals surface area contributed by atoms with Crippen molar-refractivity contribution in [3.05, 3.63) is 0 Å². The van der Waals surface area contributed by atoms with Gasteiger partial charge in [-0.15, -0.1) is 0 Å². The summed E-state index contributed by atoms with van der Waals surface area (Å²) in [6, 6.07) is 0. The number of carboxylic acids is 1. The molecule has 0 aromatic heterocycles. The normalized spacial score (nSPS) is 24.8. The average Bonchev–Trinajstić information content (AvgIpc) is 2.36. The van der Waals surface area contributed by atoms with E-state index in [1.165, 1.54) is 0 Å². The molecule has 116 valence electrons. The molecule has 1 N–H and O–H groups in total. The summed E-state index contributed by atoms with van der Waals surface area (Å²) in [5.41, 5.74) is 0. The predicted octanol–water partition coefficient (Wildman–Crippen LogP) is 2.01. The van der Waals surface area contributed by atoms with E-state index in [0.717, 1.165) is 6.42 Å². The summed E-state index contributed by atoms with van der Waals surface area (Å²) in [4.78, 5) is 25.1. The molecule has 0 aromatic carbocycles. The van der Waals surface area contributed by atoms with Crippen LogP contribution in [0.3, 0.4) is 0 Å². The summed E-state index contributed by atoms with van der Waals surface area (Å²) < 4.78 is 5.56. The number of ether oxygens (including phenoxy) is 1. The molecule has 1 rings (SSSR count). The van der Waals surface area contributed by atoms with E-state index < -0.39 is 18.0 Å². The minimum absolute atomic E-state index is 0.0912. The Kier molecular flexibility index (Phi) is 6.46. The highest BCUT2D eigenvalue weighted by molar-refractivity contribution is 5.81. The van der Waals surface area contributed by atoms with Crippen LogP contribution in [0.2, 0.25) is 0 Å². The molecule has 1 aliphatic rings. The zero-order chi connectivity index (χ0) is 15.3. The van der Waals surface area contributed by atoms with Gasteiger partial charge >= 0.3 is 5.97 Å². The third kappa shape index (κ3) is 5.12. The van der Waals surface area contributed by atoms with Gasteiger partial charge in [-0.05, 0) is 31.6 Å². The van der Waals surface area contributed by atoms with Gasteiger partial charge in [0.2, 0.25) is 0 Å². The van der Waals surface area contributed by atoms with Crippen molar-refractivity contribution < 1.29 is 19.4 Å². The second-order valence-corrected chi connectivity index (χ2v) is 6.31. The fourth-order valence-corrected chi connectivity index (χ4v) is 2.52. The standard InChI is InChI=1S/C15H27NO4/c1-10(2)5-6-20-12(4)14(17)16-8-11(3)7-13(9-16)15(18)19/h10-13H,5-9H2,1-4H3,(H,18,19). The lowest BCUT2D eigenvalue weighted by Gasteiger charge is -2.36. The summed E-state index contributed by atoms with van der Waals surface area (Å²) in [7, 11) is 0. The third-order valence-electron chi connectivity index (χ3n) is 3.73. The molecular weight excluding hydrogens is 258 g/mol. The van der Waals surface area contributed by atoms with Crippen LogP contribution in [-0.4, -0.2) is 47.7 Å². The van der Waals surface area contributed by atoms with Crippen LogP contribution in [0, 0.1) is 17.8 Å². The smallest absolute Gasteiger partial charge is 0.308 e. The molecule has 5 heteroatoms. The number of hydrogen-bond donors (Lipinski definition) is 1. The first-order chi connectivity index (χ1) is 9.31. The molecule has 1 aliphatic heterocycles. The summed E-state index contributed by atoms with van der Waals surface area (Å²) in [5, 5.41) is 9.13. The van der Waals surface area contributed by atoms with Crippen LogP contribution in [0.5, 0.6) is 0 Å². The molecule has 3 atom stereocenters. The van der Waals surface area contributed by atoms with Crippen molar-refractivity contribution in [3.8, 4) is 0 Å². The Morgan fingerprint density at radius 1 is 1.30 bits per heavy atom. The Bertz CT molecular complexity index is 343. The number of carbonyl (C=O) groups excluding carboxylic acids is 1. The lowest BCUT2D eigenvalue weighted by Crippen LogP contribution is -2.49. The van der Waals surface area contributed by atoms with Crippen LogP contribution in [-0.2, 0) is 14.3 Å². The SMILES string of the molecule is CC(C)CCOC(C)C(=O)N1CC(C)CC(C(=O)O)C1. The Balaban J connectivity index is 2.50. The number of carboxylic acid groups (broad SMARTS) is 1. The Hall–Kier alpha value is -1.10. The van der Waals surface area contributed by atoms with E-state index in [1.54, 1.807) is 11.8 Å². The highest BCUT2D eigenvalue weighted by atomic mass is 16.5. The van der Waals surface area contributed by atoms with Gasteiger partial charge in [0.1, 0.15) is 6.10 Å². The van der Waals surface area contributed by atoms with Crippen LogP contribution >= 0.6 is 0 Å². The van der Waals surface area contributed by atoms with Crippen molar-refractivity contribution in [2.75, 3.05) is 19.7 Å². The van der Waals surface area contributed by atoms with Gasteiger partial charge in [-0.1, -0.05) is 20.8 Å². The van der Waals surface area contributed by atoms with Gasteiger partial charge in [-0.25, -0.2) is 0 Å². The van der Waals surface area contributed by atoms with E-state index in [1.807, 2.05) is 6.92 Å². The van der Waals surface area contributed by atoms with Crippen molar-refractivity contribution in [2.24, 2.45) is 17.8 Å². The molecule has 20 heavy (non-hydrogen) atoms. The fraction of sp³-hybridized carbons (Fsp3) is 0.867. The molecule has 1 fully saturated rings. The molecule has 3 unspecified atom stereocenters. The van der Waals surface area contributed by atoms with Crippen molar-refractivity contribution in [3.63, 3.8) is 0 Å². The van der Waals surface area contributed by atoms with Gasteiger partial charge in [0.15, 0.2) is 0 Å². The highest BCUT2D eigenvalue weighted by Gasteiger charge is 2.33. The van der Waals surface area contributed by atoms with E-state index in [4.69, 9.17) is 9.84 Å². The molecule has 0 spiro atoms. The van der Waals surface area contributed by atoms with Gasteiger partial charge in [0.05, 0.1) is 5.92 Å². The number of amides is 1. The van der Waals surface area contributed by atoms with Gasteiger partial charge in [0.25, 0.3) is 5.91 Å². The van der Waals surface area contributed by atoms with Crippen LogP contribution in [0.15, 0.2) is 0 Å². The molecule has 0 bridgehead atoms. The Morgan fingerprint density at radius 3 is 2.50 bits per heavy atom. The summed E-state index contributed by atoms with van der Waals surface area (Å²) in [5.74, 6) is -0.597. The zero-order valence-corrected chi connectivity index (χ0v) is 13.0. The maximum absolute atomic E-state index is 12.3. The van der Waals surface area contributed by atoms with Gasteiger partial charge < -0.3 is 14.7 Å². The maximum atomic E-state index is 12.3. The number of aliphatic carboxylic acids is 1. The second-order valence-electron chi connectivity index (χ2n) is 6.31. The molecule has 5 nitrogen and oxygen atoms in total. The Morgan fingerprint density at radius 2 is 1.95 bits per heavy atom. The minimum atomic E-state index is -0.817. The van der Waals surface area contributed by atoms with Gasteiger partial charge in [-0.3, -0.25) is 9.59 Å². The molecule has 0 saturated carbocycles. The van der Waals surface area contributed by atoms with E-state index in [9.17, 15) is 9.59 Å². The number of carbonyl (C=O) groups is 2. The van der Waals surface area contributed by atoms with Crippen LogP contribution in [0.1, 0.15) is 40.5 Å². The first-order valence-electron chi connectivity index (χ1n) is 7.44. The number of rotatable bonds is 6. The Labute approximate surface area is 121 Å². The monoisotopic (exact) mass is 285 g/mol. The molecule has 0 aromatic rings. The highest BCUT2D eigenvalue weighted by Crippen LogP contribution is 2.22. The average molecular weight is 285 g/mol. The van der Waals surface area contributed by atoms with Gasteiger partial charge in [-0.2, -0.15) is 0 Å². The summed E-state index contributed by atoms with van der Waals surface area (Å²) >= 11 is 0. The third-order valence-corrected chi connectivity index (χ3v) is 3.73. The number of nitrogens with zero attached hydrogens (tertiary/aromatic N) is 1. The summed E-state index contributed by atoms with van der Waals surface area (Å²) in [6.45, 7) is 9.45. The lowest BCUT2D eigenvalue weighted by molar-refractivity contribution is -0.151. The largest absolute Gasteiger partial charge is 0.481 e. The topological polar surface area (TPSA) is 66.8 Å². The minimum Gasteiger partial charge on any atom is -0.481 e. The number of piperidine rings is 1. The lowest BCUT2D eigenvalue weighted by atomic mass is 9.90. The fourth-order valence-electron chi connectivity index (χ4n) is 2.52. The van der Waals surface area contributed by atoms with Crippen molar-refractivity contribution in [2.45, 2.75) is 46.6 Å². The van der Waals surface area contributed by atoms with Crippen molar-refractivity contribution in [1.29, 1.82) is 0 Å². The van der Waals surface area contributed by atoms with E-state index >= 15 is 0 Å². The molecule has 0 radical (unpaired) electrons. The van der Waals surface area contributed by atoms with E-state index in [-0.39, 0.29) is 11.8 Å². The molecular formula is C15H27NO4. The molecule has 1 saturated heterocycles. The number of hydrogen-bond acceptors (Lipinski definition) is 3.